The van der Waals surface area contributed by atoms with E-state index in [0.29, 0.717) is 6.04 Å². The summed E-state index contributed by atoms with van der Waals surface area (Å²) < 4.78 is 0. The first-order valence-corrected chi connectivity index (χ1v) is 8.03. The molecular formula is C16H25NS. The number of rotatable bonds is 4. The zero-order chi connectivity index (χ0) is 13.0. The number of aryl methyl sites for hydroxylation is 1. The molecule has 1 aliphatic carbocycles. The molecule has 3 atom stereocenters. The molecule has 1 aromatic carbocycles. The maximum Gasteiger partial charge on any atom is 0.0250 e. The minimum atomic E-state index is 0.691. The van der Waals surface area contributed by atoms with E-state index < -0.39 is 0 Å². The minimum absolute atomic E-state index is 0.691. The molecule has 1 saturated carbocycles. The molecule has 0 saturated heterocycles. The second kappa shape index (κ2) is 6.63. The molecule has 1 nitrogen and oxygen atoms in total. The molecule has 1 aromatic rings. The van der Waals surface area contributed by atoms with Crippen molar-refractivity contribution in [3.8, 4) is 0 Å². The van der Waals surface area contributed by atoms with Gasteiger partial charge in [-0.25, -0.2) is 0 Å². The Morgan fingerprint density at radius 3 is 2.89 bits per heavy atom. The molecule has 0 heterocycles. The van der Waals surface area contributed by atoms with Crippen LogP contribution in [-0.2, 0) is 0 Å². The van der Waals surface area contributed by atoms with Crippen molar-refractivity contribution in [2.45, 2.75) is 56.2 Å². The summed E-state index contributed by atoms with van der Waals surface area (Å²) in [5, 5.41) is 4.40. The first-order valence-electron chi connectivity index (χ1n) is 7.15. The molecular weight excluding hydrogens is 238 g/mol. The Labute approximate surface area is 116 Å². The second-order valence-corrected chi connectivity index (χ2v) is 6.87. The van der Waals surface area contributed by atoms with Crippen LogP contribution < -0.4 is 5.32 Å². The van der Waals surface area contributed by atoms with Crippen molar-refractivity contribution in [3.05, 3.63) is 29.8 Å². The summed E-state index contributed by atoms with van der Waals surface area (Å²) in [6, 6.07) is 9.60. The lowest BCUT2D eigenvalue weighted by Gasteiger charge is -2.35. The van der Waals surface area contributed by atoms with Gasteiger partial charge in [0.25, 0.3) is 0 Å². The zero-order valence-corrected chi connectivity index (χ0v) is 12.6. The monoisotopic (exact) mass is 263 g/mol. The fourth-order valence-electron chi connectivity index (χ4n) is 2.82. The Balaban J connectivity index is 2.03. The molecule has 1 N–H and O–H groups in total. The van der Waals surface area contributed by atoms with Crippen molar-refractivity contribution in [2.75, 3.05) is 6.54 Å². The molecule has 2 heteroatoms. The average Bonchev–Trinajstić information content (AvgIpc) is 2.33. The van der Waals surface area contributed by atoms with Gasteiger partial charge in [0.05, 0.1) is 0 Å². The van der Waals surface area contributed by atoms with Crippen LogP contribution in [0.5, 0.6) is 0 Å². The normalized spacial score (nSPS) is 28.3. The topological polar surface area (TPSA) is 12.0 Å². The summed E-state index contributed by atoms with van der Waals surface area (Å²) in [5.74, 6) is 0.877. The third-order valence-corrected chi connectivity index (χ3v) is 5.15. The van der Waals surface area contributed by atoms with E-state index in [1.807, 2.05) is 0 Å². The lowest BCUT2D eigenvalue weighted by atomic mass is 9.87. The van der Waals surface area contributed by atoms with Crippen LogP contribution in [0.4, 0.5) is 0 Å². The van der Waals surface area contributed by atoms with Gasteiger partial charge in [-0.1, -0.05) is 31.5 Å². The van der Waals surface area contributed by atoms with E-state index >= 15 is 0 Å². The van der Waals surface area contributed by atoms with Crippen LogP contribution in [0.3, 0.4) is 0 Å². The van der Waals surface area contributed by atoms with Gasteiger partial charge in [0, 0.05) is 16.2 Å². The minimum Gasteiger partial charge on any atom is -0.313 e. The van der Waals surface area contributed by atoms with Gasteiger partial charge in [0.1, 0.15) is 0 Å². The van der Waals surface area contributed by atoms with Gasteiger partial charge in [-0.3, -0.25) is 0 Å². The molecule has 18 heavy (non-hydrogen) atoms. The predicted molar refractivity (Wildman–Crippen MR) is 81.3 cm³/mol. The summed E-state index contributed by atoms with van der Waals surface area (Å²) in [5.41, 5.74) is 1.36. The molecule has 0 amide bonds. The van der Waals surface area contributed by atoms with Gasteiger partial charge < -0.3 is 5.32 Å². The fourth-order valence-corrected chi connectivity index (χ4v) is 4.40. The van der Waals surface area contributed by atoms with E-state index in [9.17, 15) is 0 Å². The van der Waals surface area contributed by atoms with Crippen LogP contribution in [-0.4, -0.2) is 17.8 Å². The summed E-state index contributed by atoms with van der Waals surface area (Å²) in [7, 11) is 0. The maximum absolute atomic E-state index is 3.67. The van der Waals surface area contributed by atoms with Gasteiger partial charge in [-0.15, -0.1) is 11.8 Å². The average molecular weight is 263 g/mol. The quantitative estimate of drug-likeness (QED) is 0.871. The Bertz CT molecular complexity index is 377. The summed E-state index contributed by atoms with van der Waals surface area (Å²) in [6.07, 6.45) is 4.05. The molecule has 0 spiro atoms. The first-order chi connectivity index (χ1) is 8.69. The summed E-state index contributed by atoms with van der Waals surface area (Å²) in [6.45, 7) is 7.87. The number of benzene rings is 1. The molecule has 100 valence electrons. The SMILES string of the molecule is CCNC1CCC(C)CC1Sc1cccc(C)c1. The highest BCUT2D eigenvalue weighted by Crippen LogP contribution is 2.36. The lowest BCUT2D eigenvalue weighted by Crippen LogP contribution is -2.42. The predicted octanol–water partition coefficient (Wildman–Crippen LogP) is 4.25. The third kappa shape index (κ3) is 3.76. The summed E-state index contributed by atoms with van der Waals surface area (Å²) >= 11 is 2.07. The number of nitrogens with one attached hydrogen (secondary N) is 1. The fraction of sp³-hybridized carbons (Fsp3) is 0.625. The van der Waals surface area contributed by atoms with Crippen molar-refractivity contribution in [1.82, 2.24) is 5.32 Å². The smallest absolute Gasteiger partial charge is 0.0250 e. The molecule has 2 rings (SSSR count). The maximum atomic E-state index is 3.67. The Kier molecular flexibility index (Phi) is 5.13. The summed E-state index contributed by atoms with van der Waals surface area (Å²) in [4.78, 5) is 1.43. The molecule has 1 fully saturated rings. The largest absolute Gasteiger partial charge is 0.313 e. The number of hydrogen-bond acceptors (Lipinski definition) is 2. The van der Waals surface area contributed by atoms with E-state index in [-0.39, 0.29) is 0 Å². The molecule has 0 aromatic heterocycles. The lowest BCUT2D eigenvalue weighted by molar-refractivity contribution is 0.321. The Hall–Kier alpha value is -0.470. The molecule has 0 bridgehead atoms. The van der Waals surface area contributed by atoms with Crippen molar-refractivity contribution < 1.29 is 0 Å². The van der Waals surface area contributed by atoms with Gasteiger partial charge in [-0.05, 0) is 50.8 Å². The highest BCUT2D eigenvalue weighted by molar-refractivity contribution is 8.00. The van der Waals surface area contributed by atoms with Crippen molar-refractivity contribution in [2.24, 2.45) is 5.92 Å². The van der Waals surface area contributed by atoms with Crippen molar-refractivity contribution in [1.29, 1.82) is 0 Å². The van der Waals surface area contributed by atoms with E-state index in [1.165, 1.54) is 29.7 Å². The molecule has 3 unspecified atom stereocenters. The van der Waals surface area contributed by atoms with Gasteiger partial charge in [0.2, 0.25) is 0 Å². The van der Waals surface area contributed by atoms with Crippen molar-refractivity contribution in [3.63, 3.8) is 0 Å². The van der Waals surface area contributed by atoms with Crippen LogP contribution >= 0.6 is 11.8 Å². The van der Waals surface area contributed by atoms with Crippen LogP contribution in [0.25, 0.3) is 0 Å². The molecule has 0 radical (unpaired) electrons. The number of hydrogen-bond donors (Lipinski definition) is 1. The standard InChI is InChI=1S/C16H25NS/c1-4-17-15-9-8-13(3)11-16(15)18-14-7-5-6-12(2)10-14/h5-7,10,13,15-17H,4,8-9,11H2,1-3H3. The molecule has 1 aliphatic rings. The van der Waals surface area contributed by atoms with Crippen LogP contribution in [0.2, 0.25) is 0 Å². The third-order valence-electron chi connectivity index (χ3n) is 3.80. The van der Waals surface area contributed by atoms with Crippen LogP contribution in [0.15, 0.2) is 29.2 Å². The van der Waals surface area contributed by atoms with Crippen molar-refractivity contribution >= 4 is 11.8 Å². The highest BCUT2D eigenvalue weighted by atomic mass is 32.2. The van der Waals surface area contributed by atoms with Gasteiger partial charge in [0.15, 0.2) is 0 Å². The number of thioether (sulfide) groups is 1. The second-order valence-electron chi connectivity index (χ2n) is 5.56. The van der Waals surface area contributed by atoms with Crippen LogP contribution in [0, 0.1) is 12.8 Å². The van der Waals surface area contributed by atoms with E-state index in [0.717, 1.165) is 17.7 Å². The first kappa shape index (κ1) is 14.0. The Morgan fingerprint density at radius 1 is 1.33 bits per heavy atom. The zero-order valence-electron chi connectivity index (χ0n) is 11.8. The van der Waals surface area contributed by atoms with Gasteiger partial charge >= 0.3 is 0 Å². The van der Waals surface area contributed by atoms with E-state index in [1.54, 1.807) is 0 Å². The molecule has 0 aliphatic heterocycles. The Morgan fingerprint density at radius 2 is 2.17 bits per heavy atom. The van der Waals surface area contributed by atoms with Crippen LogP contribution in [0.1, 0.15) is 38.7 Å². The van der Waals surface area contributed by atoms with E-state index in [2.05, 4.69) is 62.1 Å². The van der Waals surface area contributed by atoms with Gasteiger partial charge in [-0.2, -0.15) is 0 Å². The van der Waals surface area contributed by atoms with E-state index in [4.69, 9.17) is 0 Å². The highest BCUT2D eigenvalue weighted by Gasteiger charge is 2.28.